The summed E-state index contributed by atoms with van der Waals surface area (Å²) < 4.78 is 5.66. The maximum absolute atomic E-state index is 12.5. The van der Waals surface area contributed by atoms with Crippen LogP contribution >= 0.6 is 0 Å². The monoisotopic (exact) mass is 388 g/mol. The Hall–Kier alpha value is -2.12. The lowest BCUT2D eigenvalue weighted by molar-refractivity contribution is -0.125. The Morgan fingerprint density at radius 2 is 1.75 bits per heavy atom. The van der Waals surface area contributed by atoms with Crippen LogP contribution in [0.5, 0.6) is 5.75 Å². The van der Waals surface area contributed by atoms with Crippen LogP contribution in [-0.4, -0.2) is 73.5 Å². The van der Waals surface area contributed by atoms with Crippen molar-refractivity contribution in [3.05, 3.63) is 29.8 Å². The van der Waals surface area contributed by atoms with E-state index in [0.29, 0.717) is 19.7 Å². The number of rotatable bonds is 7. The van der Waals surface area contributed by atoms with Gasteiger partial charge in [0.25, 0.3) is 0 Å². The molecule has 1 fully saturated rings. The van der Waals surface area contributed by atoms with Crippen molar-refractivity contribution in [3.63, 3.8) is 0 Å². The van der Waals surface area contributed by atoms with Crippen LogP contribution in [0.25, 0.3) is 0 Å². The molecule has 154 valence electrons. The van der Waals surface area contributed by atoms with E-state index < -0.39 is 0 Å². The lowest BCUT2D eigenvalue weighted by atomic mass is 10.0. The van der Waals surface area contributed by atoms with Gasteiger partial charge < -0.3 is 15.4 Å². The Kier molecular flexibility index (Phi) is 7.28. The summed E-state index contributed by atoms with van der Waals surface area (Å²) in [6, 6.07) is 8.12. The van der Waals surface area contributed by atoms with Crippen LogP contribution in [0.15, 0.2) is 24.3 Å². The maximum atomic E-state index is 12.5. The van der Waals surface area contributed by atoms with Crippen molar-refractivity contribution < 1.29 is 14.3 Å². The molecule has 0 bridgehead atoms. The molecule has 0 spiro atoms. The molecular formula is C21H32N4O3. The van der Waals surface area contributed by atoms with Gasteiger partial charge in [0, 0.05) is 44.2 Å². The van der Waals surface area contributed by atoms with Crippen molar-refractivity contribution in [2.24, 2.45) is 0 Å². The smallest absolute Gasteiger partial charge is 0.234 e. The topological polar surface area (TPSA) is 73.9 Å². The van der Waals surface area contributed by atoms with E-state index in [1.807, 2.05) is 31.2 Å². The van der Waals surface area contributed by atoms with Crippen molar-refractivity contribution in [3.8, 4) is 5.75 Å². The minimum absolute atomic E-state index is 0.0167. The number of nitrogens with one attached hydrogen (secondary N) is 2. The normalized spacial score (nSPS) is 21.3. The predicted octanol–water partition coefficient (Wildman–Crippen LogP) is 1.16. The second-order valence-electron chi connectivity index (χ2n) is 7.72. The third-order valence-electron chi connectivity index (χ3n) is 5.51. The summed E-state index contributed by atoms with van der Waals surface area (Å²) in [7, 11) is 0. The van der Waals surface area contributed by atoms with Gasteiger partial charge in [-0.1, -0.05) is 25.1 Å². The molecule has 2 atom stereocenters. The van der Waals surface area contributed by atoms with E-state index in [4.69, 9.17) is 4.74 Å². The van der Waals surface area contributed by atoms with Crippen LogP contribution in [0, 0.1) is 0 Å². The van der Waals surface area contributed by atoms with E-state index in [0.717, 1.165) is 50.3 Å². The molecule has 2 aliphatic rings. The quantitative estimate of drug-likeness (QED) is 0.733. The lowest BCUT2D eigenvalue weighted by Gasteiger charge is -2.34. The number of fused-ring (bicyclic) bond motifs is 1. The van der Waals surface area contributed by atoms with E-state index in [2.05, 4.69) is 27.4 Å². The second-order valence-corrected chi connectivity index (χ2v) is 7.72. The molecule has 28 heavy (non-hydrogen) atoms. The molecule has 1 aromatic carbocycles. The minimum atomic E-state index is 0.0167. The van der Waals surface area contributed by atoms with Crippen LogP contribution < -0.4 is 15.4 Å². The highest BCUT2D eigenvalue weighted by Crippen LogP contribution is 2.31. The zero-order valence-electron chi connectivity index (χ0n) is 16.9. The van der Waals surface area contributed by atoms with Gasteiger partial charge in [-0.15, -0.1) is 0 Å². The summed E-state index contributed by atoms with van der Waals surface area (Å²) in [5.41, 5.74) is 1.05. The Balaban J connectivity index is 1.40. The van der Waals surface area contributed by atoms with Gasteiger partial charge in [-0.05, 0) is 19.4 Å². The summed E-state index contributed by atoms with van der Waals surface area (Å²) in [4.78, 5) is 28.9. The first-order valence-corrected chi connectivity index (χ1v) is 10.3. The van der Waals surface area contributed by atoms with Gasteiger partial charge in [-0.3, -0.25) is 19.4 Å². The summed E-state index contributed by atoms with van der Waals surface area (Å²) in [5, 5.41) is 6.16. The molecule has 2 heterocycles. The van der Waals surface area contributed by atoms with E-state index in [9.17, 15) is 9.59 Å². The lowest BCUT2D eigenvalue weighted by Crippen LogP contribution is -2.52. The van der Waals surface area contributed by atoms with Gasteiger partial charge >= 0.3 is 0 Å². The van der Waals surface area contributed by atoms with Crippen molar-refractivity contribution in [2.45, 2.75) is 38.8 Å². The second kappa shape index (κ2) is 9.89. The third kappa shape index (κ3) is 5.69. The Labute approximate surface area is 167 Å². The van der Waals surface area contributed by atoms with Gasteiger partial charge in [0.05, 0.1) is 25.7 Å². The summed E-state index contributed by atoms with van der Waals surface area (Å²) in [5.74, 6) is 0.992. The summed E-state index contributed by atoms with van der Waals surface area (Å²) >= 11 is 0. The van der Waals surface area contributed by atoms with Crippen molar-refractivity contribution >= 4 is 11.8 Å². The zero-order chi connectivity index (χ0) is 19.9. The molecule has 1 saturated heterocycles. The van der Waals surface area contributed by atoms with Crippen LogP contribution in [0.1, 0.15) is 38.3 Å². The highest BCUT2D eigenvalue weighted by Gasteiger charge is 2.25. The molecule has 0 radical (unpaired) electrons. The van der Waals surface area contributed by atoms with Gasteiger partial charge in [0.1, 0.15) is 5.75 Å². The molecule has 3 rings (SSSR count). The fraction of sp³-hybridized carbons (Fsp3) is 0.619. The van der Waals surface area contributed by atoms with Gasteiger partial charge in [0.2, 0.25) is 11.8 Å². The third-order valence-corrected chi connectivity index (χ3v) is 5.51. The number of piperazine rings is 1. The fourth-order valence-electron chi connectivity index (χ4n) is 3.67. The predicted molar refractivity (Wildman–Crippen MR) is 108 cm³/mol. The van der Waals surface area contributed by atoms with Gasteiger partial charge in [0.15, 0.2) is 0 Å². The number of hydrogen-bond donors (Lipinski definition) is 2. The molecule has 2 unspecified atom stereocenters. The van der Waals surface area contributed by atoms with Crippen molar-refractivity contribution in [1.82, 2.24) is 20.4 Å². The number of carbonyl (C=O) groups excluding carboxylic acids is 2. The Bertz CT molecular complexity index is 673. The van der Waals surface area contributed by atoms with E-state index in [1.54, 1.807) is 0 Å². The van der Waals surface area contributed by atoms with E-state index in [1.165, 1.54) is 0 Å². The number of para-hydroxylation sites is 1. The fourth-order valence-corrected chi connectivity index (χ4v) is 3.67. The highest BCUT2D eigenvalue weighted by molar-refractivity contribution is 5.79. The first-order valence-electron chi connectivity index (χ1n) is 10.3. The van der Waals surface area contributed by atoms with Crippen LogP contribution in [0.4, 0.5) is 0 Å². The first-order chi connectivity index (χ1) is 13.5. The number of amides is 2. The molecular weight excluding hydrogens is 356 g/mol. The number of benzene rings is 1. The minimum Gasteiger partial charge on any atom is -0.493 e. The first kappa shape index (κ1) is 20.6. The van der Waals surface area contributed by atoms with Gasteiger partial charge in [-0.2, -0.15) is 0 Å². The van der Waals surface area contributed by atoms with Crippen molar-refractivity contribution in [2.75, 3.05) is 45.9 Å². The molecule has 0 aromatic heterocycles. The molecule has 1 aromatic rings. The summed E-state index contributed by atoms with van der Waals surface area (Å²) in [6.07, 6.45) is 1.73. The molecule has 2 N–H and O–H groups in total. The average Bonchev–Trinajstić information content (AvgIpc) is 2.69. The Morgan fingerprint density at radius 1 is 1.11 bits per heavy atom. The largest absolute Gasteiger partial charge is 0.493 e. The molecule has 2 aliphatic heterocycles. The van der Waals surface area contributed by atoms with Crippen LogP contribution in [0.2, 0.25) is 0 Å². The maximum Gasteiger partial charge on any atom is 0.234 e. The zero-order valence-corrected chi connectivity index (χ0v) is 16.9. The molecule has 0 saturated carbocycles. The average molecular weight is 389 g/mol. The molecule has 0 aliphatic carbocycles. The number of ether oxygens (including phenoxy) is 1. The highest BCUT2D eigenvalue weighted by atomic mass is 16.5. The van der Waals surface area contributed by atoms with Gasteiger partial charge in [-0.25, -0.2) is 0 Å². The SMILES string of the molecule is CCC(C)NC(=O)CN1CCN(CC(=O)NC2CCOc3ccccc32)CC1. The number of carbonyl (C=O) groups is 2. The van der Waals surface area contributed by atoms with Crippen LogP contribution in [-0.2, 0) is 9.59 Å². The molecule has 7 nitrogen and oxygen atoms in total. The number of hydrogen-bond acceptors (Lipinski definition) is 5. The summed E-state index contributed by atoms with van der Waals surface area (Å²) in [6.45, 7) is 8.75. The van der Waals surface area contributed by atoms with Crippen molar-refractivity contribution in [1.29, 1.82) is 0 Å². The van der Waals surface area contributed by atoms with E-state index in [-0.39, 0.29) is 23.9 Å². The molecule has 2 amide bonds. The van der Waals surface area contributed by atoms with Crippen LogP contribution in [0.3, 0.4) is 0 Å². The molecule has 7 heteroatoms. The Morgan fingerprint density at radius 3 is 2.43 bits per heavy atom. The number of nitrogens with zero attached hydrogens (tertiary/aromatic N) is 2. The standard InChI is InChI=1S/C21H32N4O3/c1-3-16(2)22-20(26)14-24-9-11-25(12-10-24)15-21(27)23-18-8-13-28-19-7-5-4-6-17(18)19/h4-7,16,18H,3,8-15H2,1-2H3,(H,22,26)(H,23,27). The van der Waals surface area contributed by atoms with E-state index >= 15 is 0 Å².